The van der Waals surface area contributed by atoms with Crippen LogP contribution in [0.5, 0.6) is 0 Å². The van der Waals surface area contributed by atoms with Crippen molar-refractivity contribution >= 4 is 21.8 Å². The molecule has 3 nitrogen and oxygen atoms in total. The van der Waals surface area contributed by atoms with Crippen LogP contribution in [-0.4, -0.2) is 29.2 Å². The Hall–Kier alpha value is -0.870. The van der Waals surface area contributed by atoms with Crippen molar-refractivity contribution in [1.82, 2.24) is 4.90 Å². The molecular formula is C13H16BrNO2. The van der Waals surface area contributed by atoms with E-state index in [-0.39, 0.29) is 17.7 Å². The number of hydrogen-bond donors (Lipinski definition) is 0. The first-order chi connectivity index (χ1) is 7.92. The van der Waals surface area contributed by atoms with Gasteiger partial charge in [0.25, 0.3) is 5.91 Å². The monoisotopic (exact) mass is 297 g/mol. The third-order valence-electron chi connectivity index (χ3n) is 2.98. The van der Waals surface area contributed by atoms with Crippen LogP contribution in [0.2, 0.25) is 0 Å². The predicted octanol–water partition coefficient (Wildman–Crippen LogP) is 3.05. The molecule has 0 radical (unpaired) electrons. The van der Waals surface area contributed by atoms with E-state index in [1.54, 1.807) is 4.90 Å². The van der Waals surface area contributed by atoms with E-state index in [9.17, 15) is 4.79 Å². The maximum absolute atomic E-state index is 12.5. The molecule has 17 heavy (non-hydrogen) atoms. The molecule has 1 aromatic rings. The summed E-state index contributed by atoms with van der Waals surface area (Å²) in [6.07, 6.45) is -0.170. The summed E-state index contributed by atoms with van der Waals surface area (Å²) in [6, 6.07) is 7.44. The summed E-state index contributed by atoms with van der Waals surface area (Å²) in [5.41, 5.74) is 0.434. The zero-order valence-electron chi connectivity index (χ0n) is 10.2. The fourth-order valence-corrected chi connectivity index (χ4v) is 2.56. The summed E-state index contributed by atoms with van der Waals surface area (Å²) >= 11 is 3.38. The van der Waals surface area contributed by atoms with E-state index >= 15 is 0 Å². The highest BCUT2D eigenvalue weighted by Crippen LogP contribution is 2.29. The van der Waals surface area contributed by atoms with Crippen LogP contribution in [0, 0.1) is 0 Å². The molecule has 1 fully saturated rings. The van der Waals surface area contributed by atoms with E-state index < -0.39 is 0 Å². The van der Waals surface area contributed by atoms with Crippen LogP contribution in [0.4, 0.5) is 0 Å². The summed E-state index contributed by atoms with van der Waals surface area (Å²) in [6.45, 7) is 6.53. The van der Waals surface area contributed by atoms with Crippen LogP contribution >= 0.6 is 15.9 Å². The Kier molecular flexibility index (Phi) is 3.27. The zero-order chi connectivity index (χ0) is 12.6. The largest absolute Gasteiger partial charge is 0.356 e. The predicted molar refractivity (Wildman–Crippen MR) is 69.8 cm³/mol. The third-order valence-corrected chi connectivity index (χ3v) is 3.48. The SMILES string of the molecule is CC1OCC(C)(C)N1C(=O)c1cccc(Br)c1. The van der Waals surface area contributed by atoms with Gasteiger partial charge in [-0.15, -0.1) is 0 Å². The molecule has 1 amide bonds. The number of nitrogens with zero attached hydrogens (tertiary/aromatic N) is 1. The van der Waals surface area contributed by atoms with E-state index in [0.717, 1.165) is 4.47 Å². The molecule has 4 heteroatoms. The van der Waals surface area contributed by atoms with E-state index in [4.69, 9.17) is 4.74 Å². The lowest BCUT2D eigenvalue weighted by molar-refractivity contribution is 0.0307. The Balaban J connectivity index is 2.31. The fraction of sp³-hybridized carbons (Fsp3) is 0.462. The summed E-state index contributed by atoms with van der Waals surface area (Å²) in [5.74, 6) is 0.0151. The number of carbonyl (C=O) groups is 1. The standard InChI is InChI=1S/C13H16BrNO2/c1-9-15(13(2,3)8-17-9)12(16)10-5-4-6-11(14)7-10/h4-7,9H,8H2,1-3H3. The molecule has 1 heterocycles. The molecule has 0 aromatic heterocycles. The summed E-state index contributed by atoms with van der Waals surface area (Å²) < 4.78 is 6.46. The number of rotatable bonds is 1. The smallest absolute Gasteiger partial charge is 0.256 e. The van der Waals surface area contributed by atoms with Crippen molar-refractivity contribution in [3.05, 3.63) is 34.3 Å². The number of halogens is 1. The second-order valence-corrected chi connectivity index (χ2v) is 5.82. The van der Waals surface area contributed by atoms with Gasteiger partial charge in [-0.3, -0.25) is 4.79 Å². The van der Waals surface area contributed by atoms with Gasteiger partial charge in [-0.1, -0.05) is 22.0 Å². The number of ether oxygens (including phenoxy) is 1. The molecule has 1 aromatic carbocycles. The molecule has 92 valence electrons. The van der Waals surface area contributed by atoms with Crippen molar-refractivity contribution in [2.24, 2.45) is 0 Å². The van der Waals surface area contributed by atoms with Crippen LogP contribution in [0.25, 0.3) is 0 Å². The highest BCUT2D eigenvalue weighted by molar-refractivity contribution is 9.10. The van der Waals surface area contributed by atoms with Gasteiger partial charge >= 0.3 is 0 Å². The summed E-state index contributed by atoms with van der Waals surface area (Å²) in [7, 11) is 0. The van der Waals surface area contributed by atoms with Crippen molar-refractivity contribution in [3.63, 3.8) is 0 Å². The van der Waals surface area contributed by atoms with E-state index in [0.29, 0.717) is 12.2 Å². The number of carbonyl (C=O) groups excluding carboxylic acids is 1. The number of benzene rings is 1. The number of amides is 1. The van der Waals surface area contributed by atoms with Gasteiger partial charge in [-0.2, -0.15) is 0 Å². The molecule has 1 aliphatic rings. The lowest BCUT2D eigenvalue weighted by Crippen LogP contribution is -2.47. The van der Waals surface area contributed by atoms with Gasteiger partial charge in [0, 0.05) is 10.0 Å². The van der Waals surface area contributed by atoms with Crippen molar-refractivity contribution in [3.8, 4) is 0 Å². The fourth-order valence-electron chi connectivity index (χ4n) is 2.16. The van der Waals surface area contributed by atoms with Gasteiger partial charge < -0.3 is 9.64 Å². The molecule has 0 N–H and O–H groups in total. The summed E-state index contributed by atoms with van der Waals surface area (Å²) in [4.78, 5) is 14.3. The molecule has 0 saturated carbocycles. The quantitative estimate of drug-likeness (QED) is 0.797. The maximum Gasteiger partial charge on any atom is 0.256 e. The van der Waals surface area contributed by atoms with Crippen molar-refractivity contribution in [1.29, 1.82) is 0 Å². The second-order valence-electron chi connectivity index (χ2n) is 4.91. The Morgan fingerprint density at radius 3 is 2.76 bits per heavy atom. The Bertz CT molecular complexity index is 445. The lowest BCUT2D eigenvalue weighted by atomic mass is 10.0. The zero-order valence-corrected chi connectivity index (χ0v) is 11.8. The average molecular weight is 298 g/mol. The first-order valence-corrected chi connectivity index (χ1v) is 6.42. The molecule has 1 aliphatic heterocycles. The Morgan fingerprint density at radius 2 is 2.24 bits per heavy atom. The Labute approximate surface area is 110 Å². The van der Waals surface area contributed by atoms with Gasteiger partial charge in [-0.25, -0.2) is 0 Å². The molecule has 0 aliphatic carbocycles. The molecule has 1 saturated heterocycles. The normalized spacial score (nSPS) is 22.8. The minimum Gasteiger partial charge on any atom is -0.356 e. The van der Waals surface area contributed by atoms with Crippen LogP contribution in [0.1, 0.15) is 31.1 Å². The lowest BCUT2D eigenvalue weighted by Gasteiger charge is -2.32. The van der Waals surface area contributed by atoms with Crippen LogP contribution in [-0.2, 0) is 4.74 Å². The van der Waals surface area contributed by atoms with Gasteiger partial charge in [0.2, 0.25) is 0 Å². The highest BCUT2D eigenvalue weighted by Gasteiger charge is 2.41. The van der Waals surface area contributed by atoms with Gasteiger partial charge in [-0.05, 0) is 39.0 Å². The second kappa shape index (κ2) is 4.42. The van der Waals surface area contributed by atoms with E-state index in [1.165, 1.54) is 0 Å². The van der Waals surface area contributed by atoms with Crippen molar-refractivity contribution in [2.75, 3.05) is 6.61 Å². The van der Waals surface area contributed by atoms with Crippen LogP contribution < -0.4 is 0 Å². The minimum absolute atomic E-state index is 0.0151. The molecule has 0 spiro atoms. The van der Waals surface area contributed by atoms with E-state index in [1.807, 2.05) is 45.0 Å². The molecule has 2 rings (SSSR count). The van der Waals surface area contributed by atoms with E-state index in [2.05, 4.69) is 15.9 Å². The number of hydrogen-bond acceptors (Lipinski definition) is 2. The van der Waals surface area contributed by atoms with Crippen molar-refractivity contribution in [2.45, 2.75) is 32.5 Å². The highest BCUT2D eigenvalue weighted by atomic mass is 79.9. The average Bonchev–Trinajstić information content (AvgIpc) is 2.52. The van der Waals surface area contributed by atoms with Crippen molar-refractivity contribution < 1.29 is 9.53 Å². The molecule has 0 bridgehead atoms. The molecular weight excluding hydrogens is 282 g/mol. The Morgan fingerprint density at radius 1 is 1.53 bits per heavy atom. The minimum atomic E-state index is -0.251. The van der Waals surface area contributed by atoms with Crippen LogP contribution in [0.3, 0.4) is 0 Å². The first-order valence-electron chi connectivity index (χ1n) is 5.63. The van der Waals surface area contributed by atoms with Gasteiger partial charge in [0.1, 0.15) is 6.23 Å². The topological polar surface area (TPSA) is 29.5 Å². The first kappa shape index (κ1) is 12.6. The maximum atomic E-state index is 12.5. The molecule has 1 unspecified atom stereocenters. The van der Waals surface area contributed by atoms with Crippen LogP contribution in [0.15, 0.2) is 28.7 Å². The molecule has 1 atom stereocenters. The third kappa shape index (κ3) is 2.38. The summed E-state index contributed by atoms with van der Waals surface area (Å²) in [5, 5.41) is 0. The van der Waals surface area contributed by atoms with Gasteiger partial charge in [0.15, 0.2) is 0 Å². The van der Waals surface area contributed by atoms with Gasteiger partial charge in [0.05, 0.1) is 12.1 Å².